The molecule has 1 atom stereocenters. The minimum Gasteiger partial charge on any atom is -0.270 e. The standard InChI is InChI=1S/C9H14Cl2N2S/c1-6(4-10)14-5-8-9(11)7(2)12-13(8)3/h6H,4-5H2,1-3H3. The molecule has 0 aliphatic heterocycles. The van der Waals surface area contributed by atoms with Gasteiger partial charge in [-0.3, -0.25) is 4.68 Å². The van der Waals surface area contributed by atoms with Crippen LogP contribution in [0.1, 0.15) is 18.3 Å². The second-order valence-corrected chi connectivity index (χ2v) is 5.36. The third kappa shape index (κ3) is 2.81. The molecule has 0 amide bonds. The predicted octanol–water partition coefficient (Wildman–Crippen LogP) is 3.24. The molecule has 1 aromatic rings. The Balaban J connectivity index is 2.67. The minimum absolute atomic E-state index is 0.447. The van der Waals surface area contributed by atoms with Crippen molar-refractivity contribution in [3.8, 4) is 0 Å². The molecule has 1 heterocycles. The maximum atomic E-state index is 6.11. The maximum absolute atomic E-state index is 6.11. The second-order valence-electron chi connectivity index (χ2n) is 3.25. The quantitative estimate of drug-likeness (QED) is 0.766. The molecule has 0 aliphatic rings. The highest BCUT2D eigenvalue weighted by atomic mass is 35.5. The van der Waals surface area contributed by atoms with Crippen molar-refractivity contribution in [3.05, 3.63) is 16.4 Å². The van der Waals surface area contributed by atoms with Crippen molar-refractivity contribution in [3.63, 3.8) is 0 Å². The summed E-state index contributed by atoms with van der Waals surface area (Å²) in [6, 6.07) is 0. The highest BCUT2D eigenvalue weighted by Gasteiger charge is 2.12. The van der Waals surface area contributed by atoms with Crippen LogP contribution in [0.5, 0.6) is 0 Å². The van der Waals surface area contributed by atoms with Crippen LogP contribution in [0.4, 0.5) is 0 Å². The Morgan fingerprint density at radius 2 is 2.21 bits per heavy atom. The van der Waals surface area contributed by atoms with E-state index < -0.39 is 0 Å². The van der Waals surface area contributed by atoms with Gasteiger partial charge in [0.1, 0.15) is 0 Å². The predicted molar refractivity (Wildman–Crippen MR) is 64.4 cm³/mol. The normalized spacial score (nSPS) is 13.2. The SMILES string of the molecule is Cc1nn(C)c(CSC(C)CCl)c1Cl. The first-order valence-corrected chi connectivity index (χ1v) is 6.38. The van der Waals surface area contributed by atoms with Crippen LogP contribution in [0.2, 0.25) is 5.02 Å². The second kappa shape index (κ2) is 5.29. The zero-order chi connectivity index (χ0) is 10.7. The average Bonchev–Trinajstić information content (AvgIpc) is 2.39. The molecule has 1 aromatic heterocycles. The van der Waals surface area contributed by atoms with Gasteiger partial charge in [-0.1, -0.05) is 18.5 Å². The molecule has 80 valence electrons. The van der Waals surface area contributed by atoms with E-state index in [1.54, 1.807) is 11.8 Å². The van der Waals surface area contributed by atoms with Crippen molar-refractivity contribution in [1.82, 2.24) is 9.78 Å². The van der Waals surface area contributed by atoms with Gasteiger partial charge >= 0.3 is 0 Å². The van der Waals surface area contributed by atoms with Gasteiger partial charge in [0, 0.05) is 23.9 Å². The summed E-state index contributed by atoms with van der Waals surface area (Å²) in [5.74, 6) is 1.53. The summed E-state index contributed by atoms with van der Waals surface area (Å²) >= 11 is 13.6. The maximum Gasteiger partial charge on any atom is 0.0855 e. The van der Waals surface area contributed by atoms with Crippen molar-refractivity contribution in [2.24, 2.45) is 7.05 Å². The molecule has 0 radical (unpaired) electrons. The molecule has 0 fully saturated rings. The average molecular weight is 253 g/mol. The summed E-state index contributed by atoms with van der Waals surface area (Å²) in [6.45, 7) is 4.02. The van der Waals surface area contributed by atoms with E-state index in [1.165, 1.54) is 0 Å². The highest BCUT2D eigenvalue weighted by Crippen LogP contribution is 2.25. The summed E-state index contributed by atoms with van der Waals surface area (Å²) in [7, 11) is 1.92. The molecule has 0 aliphatic carbocycles. The molecule has 0 saturated heterocycles. The van der Waals surface area contributed by atoms with E-state index in [0.717, 1.165) is 22.2 Å². The van der Waals surface area contributed by atoms with Crippen LogP contribution in [0.15, 0.2) is 0 Å². The Morgan fingerprint density at radius 3 is 2.64 bits per heavy atom. The van der Waals surface area contributed by atoms with Gasteiger partial charge in [0.05, 0.1) is 16.4 Å². The molecule has 2 nitrogen and oxygen atoms in total. The van der Waals surface area contributed by atoms with E-state index >= 15 is 0 Å². The largest absolute Gasteiger partial charge is 0.270 e. The number of aromatic nitrogens is 2. The van der Waals surface area contributed by atoms with Gasteiger partial charge in [0.15, 0.2) is 0 Å². The third-order valence-corrected chi connectivity index (χ3v) is 4.30. The van der Waals surface area contributed by atoms with Gasteiger partial charge < -0.3 is 0 Å². The summed E-state index contributed by atoms with van der Waals surface area (Å²) in [5, 5.41) is 5.48. The summed E-state index contributed by atoms with van der Waals surface area (Å²) in [4.78, 5) is 0. The van der Waals surface area contributed by atoms with E-state index in [2.05, 4.69) is 12.0 Å². The van der Waals surface area contributed by atoms with E-state index in [1.807, 2.05) is 18.7 Å². The number of rotatable bonds is 4. The zero-order valence-electron chi connectivity index (χ0n) is 8.55. The van der Waals surface area contributed by atoms with E-state index in [-0.39, 0.29) is 0 Å². The van der Waals surface area contributed by atoms with E-state index in [0.29, 0.717) is 11.1 Å². The van der Waals surface area contributed by atoms with Crippen molar-refractivity contribution in [1.29, 1.82) is 0 Å². The van der Waals surface area contributed by atoms with Crippen molar-refractivity contribution < 1.29 is 0 Å². The molecule has 0 N–H and O–H groups in total. The fourth-order valence-electron chi connectivity index (χ4n) is 1.10. The number of hydrogen-bond donors (Lipinski definition) is 0. The van der Waals surface area contributed by atoms with Crippen molar-refractivity contribution in [2.45, 2.75) is 24.9 Å². The van der Waals surface area contributed by atoms with E-state index in [9.17, 15) is 0 Å². The number of aryl methyl sites for hydroxylation is 2. The van der Waals surface area contributed by atoms with E-state index in [4.69, 9.17) is 23.2 Å². The van der Waals surface area contributed by atoms with Crippen molar-refractivity contribution in [2.75, 3.05) is 5.88 Å². The van der Waals surface area contributed by atoms with Crippen LogP contribution in [0.3, 0.4) is 0 Å². The zero-order valence-corrected chi connectivity index (χ0v) is 10.9. The first-order valence-electron chi connectivity index (χ1n) is 4.41. The van der Waals surface area contributed by atoms with Gasteiger partial charge in [0.2, 0.25) is 0 Å². The Hall–Kier alpha value is 0.140. The molecular formula is C9H14Cl2N2S. The first kappa shape index (κ1) is 12.2. The Bertz CT molecular complexity index is 312. The van der Waals surface area contributed by atoms with Crippen LogP contribution in [-0.2, 0) is 12.8 Å². The third-order valence-electron chi connectivity index (χ3n) is 1.98. The first-order chi connectivity index (χ1) is 6.56. The Morgan fingerprint density at radius 1 is 1.57 bits per heavy atom. The molecule has 1 rings (SSSR count). The number of thioether (sulfide) groups is 1. The number of hydrogen-bond acceptors (Lipinski definition) is 2. The lowest BCUT2D eigenvalue weighted by Crippen LogP contribution is -2.02. The monoisotopic (exact) mass is 252 g/mol. The van der Waals surface area contributed by atoms with Crippen LogP contribution >= 0.6 is 35.0 Å². The van der Waals surface area contributed by atoms with Gasteiger partial charge in [0.25, 0.3) is 0 Å². The minimum atomic E-state index is 0.447. The summed E-state index contributed by atoms with van der Waals surface area (Å²) in [5.41, 5.74) is 1.97. The van der Waals surface area contributed by atoms with Gasteiger partial charge in [-0.05, 0) is 6.92 Å². The van der Waals surface area contributed by atoms with Crippen LogP contribution < -0.4 is 0 Å². The summed E-state index contributed by atoms with van der Waals surface area (Å²) < 4.78 is 1.84. The number of alkyl halides is 1. The lowest BCUT2D eigenvalue weighted by molar-refractivity contribution is 0.727. The fourth-order valence-corrected chi connectivity index (χ4v) is 2.54. The van der Waals surface area contributed by atoms with Crippen LogP contribution in [0.25, 0.3) is 0 Å². The lowest BCUT2D eigenvalue weighted by Gasteiger charge is -2.07. The molecule has 5 heteroatoms. The molecule has 0 aromatic carbocycles. The number of halogens is 2. The Kier molecular flexibility index (Phi) is 4.61. The molecule has 14 heavy (non-hydrogen) atoms. The summed E-state index contributed by atoms with van der Waals surface area (Å²) in [6.07, 6.45) is 0. The molecular weight excluding hydrogens is 239 g/mol. The number of nitrogens with zero attached hydrogens (tertiary/aromatic N) is 2. The van der Waals surface area contributed by atoms with Crippen LogP contribution in [-0.4, -0.2) is 20.9 Å². The van der Waals surface area contributed by atoms with Crippen LogP contribution in [0, 0.1) is 6.92 Å². The highest BCUT2D eigenvalue weighted by molar-refractivity contribution is 7.99. The molecule has 0 spiro atoms. The van der Waals surface area contributed by atoms with Gasteiger partial charge in [-0.25, -0.2) is 0 Å². The van der Waals surface area contributed by atoms with Gasteiger partial charge in [-0.15, -0.1) is 11.6 Å². The fraction of sp³-hybridized carbons (Fsp3) is 0.667. The van der Waals surface area contributed by atoms with Gasteiger partial charge in [-0.2, -0.15) is 16.9 Å². The topological polar surface area (TPSA) is 17.8 Å². The van der Waals surface area contributed by atoms with Crippen molar-refractivity contribution >= 4 is 35.0 Å². The molecule has 0 saturated carbocycles. The smallest absolute Gasteiger partial charge is 0.0855 e. The molecule has 1 unspecified atom stereocenters. The molecule has 0 bridgehead atoms. The Labute approximate surface area is 99.0 Å². The lowest BCUT2D eigenvalue weighted by atomic mass is 10.4.